The number of hydrogen-bond donors (Lipinski definition) is 2. The fourth-order valence-corrected chi connectivity index (χ4v) is 2.22. The first-order chi connectivity index (χ1) is 15.9. The molecule has 1 rings (SSSR count). The molecule has 0 aromatic heterocycles. The third-order valence-corrected chi connectivity index (χ3v) is 3.79. The number of likely N-dealkylation sites (N-methyl/N-ethyl adjacent to an activating group) is 1. The van der Waals surface area contributed by atoms with Gasteiger partial charge in [0.05, 0.1) is 13.7 Å². The van der Waals surface area contributed by atoms with E-state index in [1.807, 2.05) is 79.7 Å². The zero-order chi connectivity index (χ0) is 26.7. The van der Waals surface area contributed by atoms with E-state index in [4.69, 9.17) is 4.74 Å². The van der Waals surface area contributed by atoms with Crippen LogP contribution in [-0.2, 0) is 20.8 Å². The van der Waals surface area contributed by atoms with Crippen LogP contribution in [0.1, 0.15) is 87.1 Å². The number of nitrogens with zero attached hydrogens (tertiary/aromatic N) is 1. The smallest absolute Gasteiger partial charge is 0.239 e. The van der Waals surface area contributed by atoms with Gasteiger partial charge in [-0.25, -0.2) is 0 Å². The standard InChI is InChI=1S/C17H26N2O3.C3H7NO.3C2H6/c1-4-8-17(21)19(5-2)13-16(20)18-12-11-14-9-6-7-10-15(14)22-3;1-2-3(4)5;3*1-2/h6-7,9-10H,4-5,8,11-13H2,1-3H3,(H,18,20);2H2,1H3,(H2,4,5);3*1-2H3. The van der Waals surface area contributed by atoms with Gasteiger partial charge in [0.1, 0.15) is 5.75 Å². The van der Waals surface area contributed by atoms with Gasteiger partial charge in [-0.05, 0) is 31.4 Å². The Hall–Kier alpha value is -2.57. The molecule has 0 spiro atoms. The van der Waals surface area contributed by atoms with Crippen LogP contribution in [0.5, 0.6) is 5.75 Å². The maximum atomic E-state index is 11.9. The summed E-state index contributed by atoms with van der Waals surface area (Å²) in [6.07, 6.45) is 2.43. The van der Waals surface area contributed by atoms with Crippen molar-refractivity contribution >= 4 is 17.7 Å². The molecule has 0 aliphatic heterocycles. The molecule has 0 radical (unpaired) electrons. The van der Waals surface area contributed by atoms with Crippen LogP contribution in [0.2, 0.25) is 0 Å². The quantitative estimate of drug-likeness (QED) is 0.505. The molecular weight excluding hydrogens is 418 g/mol. The summed E-state index contributed by atoms with van der Waals surface area (Å²) >= 11 is 0. The number of ether oxygens (including phenoxy) is 1. The van der Waals surface area contributed by atoms with Crippen molar-refractivity contribution in [1.82, 2.24) is 10.2 Å². The van der Waals surface area contributed by atoms with E-state index in [-0.39, 0.29) is 24.3 Å². The molecule has 1 aromatic rings. The van der Waals surface area contributed by atoms with Crippen molar-refractivity contribution in [2.45, 2.75) is 88.0 Å². The summed E-state index contributed by atoms with van der Waals surface area (Å²) in [4.78, 5) is 34.9. The first-order valence-electron chi connectivity index (χ1n) is 12.3. The van der Waals surface area contributed by atoms with Gasteiger partial charge in [0.2, 0.25) is 17.7 Å². The van der Waals surface area contributed by atoms with E-state index in [0.29, 0.717) is 32.4 Å². The molecule has 0 atom stereocenters. The molecule has 194 valence electrons. The van der Waals surface area contributed by atoms with Crippen LogP contribution < -0.4 is 15.8 Å². The van der Waals surface area contributed by atoms with Crippen LogP contribution in [0, 0.1) is 0 Å². The Bertz CT molecular complexity index is 593. The number of primary amides is 1. The van der Waals surface area contributed by atoms with Crippen LogP contribution in [-0.4, -0.2) is 49.4 Å². The molecule has 0 heterocycles. The zero-order valence-corrected chi connectivity index (χ0v) is 22.9. The number of carbonyl (C=O) groups is 3. The number of nitrogens with two attached hydrogens (primary N) is 1. The highest BCUT2D eigenvalue weighted by Crippen LogP contribution is 2.17. The maximum absolute atomic E-state index is 11.9. The van der Waals surface area contributed by atoms with Crippen LogP contribution >= 0.6 is 0 Å². The van der Waals surface area contributed by atoms with Crippen molar-refractivity contribution in [3.8, 4) is 5.75 Å². The molecule has 0 saturated heterocycles. The molecule has 0 saturated carbocycles. The summed E-state index contributed by atoms with van der Waals surface area (Å²) in [5, 5.41) is 2.86. The largest absolute Gasteiger partial charge is 0.496 e. The summed E-state index contributed by atoms with van der Waals surface area (Å²) < 4.78 is 5.28. The maximum Gasteiger partial charge on any atom is 0.239 e. The van der Waals surface area contributed by atoms with Crippen LogP contribution in [0.3, 0.4) is 0 Å². The Balaban J connectivity index is -0.000000325. The Morgan fingerprint density at radius 3 is 1.91 bits per heavy atom. The average molecular weight is 470 g/mol. The highest BCUT2D eigenvalue weighted by molar-refractivity contribution is 5.84. The van der Waals surface area contributed by atoms with Crippen molar-refractivity contribution in [2.75, 3.05) is 26.7 Å². The number of benzene rings is 1. The second kappa shape index (κ2) is 29.4. The van der Waals surface area contributed by atoms with Gasteiger partial charge in [-0.15, -0.1) is 0 Å². The minimum atomic E-state index is -0.245. The fourth-order valence-electron chi connectivity index (χ4n) is 2.22. The summed E-state index contributed by atoms with van der Waals surface area (Å²) in [5.41, 5.74) is 5.71. The van der Waals surface area contributed by atoms with Crippen molar-refractivity contribution in [1.29, 1.82) is 0 Å². The van der Waals surface area contributed by atoms with Gasteiger partial charge in [-0.3, -0.25) is 14.4 Å². The number of carbonyl (C=O) groups excluding carboxylic acids is 3. The minimum Gasteiger partial charge on any atom is -0.496 e. The first kappa shape index (κ1) is 37.7. The lowest BCUT2D eigenvalue weighted by Crippen LogP contribution is -2.41. The van der Waals surface area contributed by atoms with Gasteiger partial charge < -0.3 is 20.7 Å². The molecule has 0 bridgehead atoms. The van der Waals surface area contributed by atoms with Gasteiger partial charge in [0, 0.05) is 25.9 Å². The lowest BCUT2D eigenvalue weighted by atomic mass is 10.1. The molecule has 33 heavy (non-hydrogen) atoms. The Kier molecular flexibility index (Phi) is 33.6. The minimum absolute atomic E-state index is 0.0323. The van der Waals surface area contributed by atoms with E-state index in [9.17, 15) is 14.4 Å². The lowest BCUT2D eigenvalue weighted by Gasteiger charge is -2.20. The van der Waals surface area contributed by atoms with Crippen molar-refractivity contribution < 1.29 is 19.1 Å². The summed E-state index contributed by atoms with van der Waals surface area (Å²) in [6, 6.07) is 7.74. The van der Waals surface area contributed by atoms with Gasteiger partial charge in [-0.1, -0.05) is 73.6 Å². The topological polar surface area (TPSA) is 102 Å². The monoisotopic (exact) mass is 469 g/mol. The Morgan fingerprint density at radius 1 is 0.970 bits per heavy atom. The van der Waals surface area contributed by atoms with Gasteiger partial charge in [0.15, 0.2) is 0 Å². The number of rotatable bonds is 10. The van der Waals surface area contributed by atoms with E-state index in [1.54, 1.807) is 18.9 Å². The number of para-hydroxylation sites is 1. The van der Waals surface area contributed by atoms with E-state index < -0.39 is 0 Å². The second-order valence-electron chi connectivity index (χ2n) is 5.89. The average Bonchev–Trinajstić information content (AvgIpc) is 2.87. The molecule has 0 aliphatic carbocycles. The SMILES string of the molecule is CC.CC.CC.CCC(N)=O.CCCC(=O)N(CC)CC(=O)NCCc1ccccc1OC. The summed E-state index contributed by atoms with van der Waals surface area (Å²) in [6.45, 7) is 18.8. The van der Waals surface area contributed by atoms with Gasteiger partial charge in [0.25, 0.3) is 0 Å². The molecule has 0 unspecified atom stereocenters. The van der Waals surface area contributed by atoms with Gasteiger partial charge in [-0.2, -0.15) is 0 Å². The number of nitrogens with one attached hydrogen (secondary N) is 1. The second-order valence-corrected chi connectivity index (χ2v) is 5.89. The molecule has 0 fully saturated rings. The van der Waals surface area contributed by atoms with Gasteiger partial charge >= 0.3 is 0 Å². The molecule has 3 amide bonds. The predicted octanol–water partition coefficient (Wildman–Crippen LogP) is 4.96. The highest BCUT2D eigenvalue weighted by atomic mass is 16.5. The fraction of sp³-hybridized carbons (Fsp3) is 0.654. The molecule has 0 aliphatic rings. The van der Waals surface area contributed by atoms with Crippen LogP contribution in [0.25, 0.3) is 0 Å². The summed E-state index contributed by atoms with van der Waals surface area (Å²) in [7, 11) is 1.63. The molecular formula is C26H51N3O4. The van der Waals surface area contributed by atoms with Crippen molar-refractivity contribution in [3.05, 3.63) is 29.8 Å². The molecule has 7 heteroatoms. The molecule has 7 nitrogen and oxygen atoms in total. The third kappa shape index (κ3) is 22.4. The Morgan fingerprint density at radius 2 is 1.48 bits per heavy atom. The van der Waals surface area contributed by atoms with Crippen LogP contribution in [0.4, 0.5) is 0 Å². The predicted molar refractivity (Wildman–Crippen MR) is 140 cm³/mol. The summed E-state index contributed by atoms with van der Waals surface area (Å²) in [5.74, 6) is 0.487. The molecule has 1 aromatic carbocycles. The first-order valence-corrected chi connectivity index (χ1v) is 12.3. The van der Waals surface area contributed by atoms with E-state index in [0.717, 1.165) is 17.7 Å². The van der Waals surface area contributed by atoms with E-state index in [2.05, 4.69) is 11.1 Å². The lowest BCUT2D eigenvalue weighted by molar-refractivity contribution is -0.135. The number of hydrogen-bond acceptors (Lipinski definition) is 4. The highest BCUT2D eigenvalue weighted by Gasteiger charge is 2.14. The van der Waals surface area contributed by atoms with E-state index in [1.165, 1.54) is 0 Å². The normalized spacial score (nSPS) is 8.42. The van der Waals surface area contributed by atoms with Crippen molar-refractivity contribution in [3.63, 3.8) is 0 Å². The number of amides is 3. The Labute approximate surface area is 203 Å². The van der Waals surface area contributed by atoms with Crippen LogP contribution in [0.15, 0.2) is 24.3 Å². The van der Waals surface area contributed by atoms with E-state index >= 15 is 0 Å². The number of methoxy groups -OCH3 is 1. The van der Waals surface area contributed by atoms with Crippen molar-refractivity contribution in [2.24, 2.45) is 5.73 Å². The third-order valence-electron chi connectivity index (χ3n) is 3.79. The molecule has 3 N–H and O–H groups in total. The zero-order valence-electron chi connectivity index (χ0n) is 22.9.